The fourth-order valence-electron chi connectivity index (χ4n) is 4.14. The third-order valence-corrected chi connectivity index (χ3v) is 5.14. The minimum atomic E-state index is 0.870. The lowest BCUT2D eigenvalue weighted by Gasteiger charge is -2.32. The van der Waals surface area contributed by atoms with Gasteiger partial charge in [0, 0.05) is 0 Å². The topological polar surface area (TPSA) is 0 Å². The van der Waals surface area contributed by atoms with E-state index in [4.69, 9.17) is 0 Å². The third-order valence-electron chi connectivity index (χ3n) is 5.14. The Bertz CT molecular complexity index is 603. The first-order valence-electron chi connectivity index (χ1n) is 8.04. The van der Waals surface area contributed by atoms with Crippen LogP contribution in [0, 0.1) is 6.92 Å². The van der Waals surface area contributed by atoms with E-state index in [-0.39, 0.29) is 0 Å². The van der Waals surface area contributed by atoms with Crippen molar-refractivity contribution in [2.75, 3.05) is 0 Å². The normalized spacial score (nSPS) is 17.9. The predicted molar refractivity (Wildman–Crippen MR) is 85.2 cm³/mol. The molecule has 2 aliphatic rings. The van der Waals surface area contributed by atoms with Gasteiger partial charge in [0.25, 0.3) is 0 Å². The quantitative estimate of drug-likeness (QED) is 0.644. The zero-order valence-corrected chi connectivity index (χ0v) is 12.3. The average molecular weight is 262 g/mol. The molecule has 2 aliphatic carbocycles. The van der Waals surface area contributed by atoms with Crippen LogP contribution in [0.3, 0.4) is 0 Å². The Morgan fingerprint density at radius 1 is 0.800 bits per heavy atom. The maximum atomic E-state index is 2.47. The van der Waals surface area contributed by atoms with Crippen molar-refractivity contribution in [2.24, 2.45) is 0 Å². The summed E-state index contributed by atoms with van der Waals surface area (Å²) in [6, 6.07) is 13.9. The molecule has 0 saturated heterocycles. The first-order chi connectivity index (χ1) is 9.81. The molecule has 0 aromatic heterocycles. The maximum absolute atomic E-state index is 2.47. The Labute approximate surface area is 121 Å². The van der Waals surface area contributed by atoms with Crippen molar-refractivity contribution < 1.29 is 0 Å². The molecule has 0 spiro atoms. The van der Waals surface area contributed by atoms with Gasteiger partial charge in [0.05, 0.1) is 0 Å². The number of benzene rings is 2. The van der Waals surface area contributed by atoms with Crippen LogP contribution in [0.2, 0.25) is 0 Å². The molecule has 0 heteroatoms. The van der Waals surface area contributed by atoms with Gasteiger partial charge in [0.2, 0.25) is 0 Å². The zero-order chi connectivity index (χ0) is 13.5. The van der Waals surface area contributed by atoms with E-state index < -0.39 is 0 Å². The van der Waals surface area contributed by atoms with E-state index in [1.165, 1.54) is 55.2 Å². The highest BCUT2D eigenvalue weighted by Gasteiger charge is 2.26. The van der Waals surface area contributed by atoms with Crippen LogP contribution >= 0.6 is 0 Å². The summed E-state index contributed by atoms with van der Waals surface area (Å²) in [5.41, 5.74) is 9.18. The van der Waals surface area contributed by atoms with Crippen molar-refractivity contribution in [1.82, 2.24) is 0 Å². The van der Waals surface area contributed by atoms with Gasteiger partial charge in [-0.25, -0.2) is 0 Å². The van der Waals surface area contributed by atoms with E-state index in [0.717, 1.165) is 5.92 Å². The van der Waals surface area contributed by atoms with Gasteiger partial charge >= 0.3 is 0 Å². The summed E-state index contributed by atoms with van der Waals surface area (Å²) in [5.74, 6) is 0.870. The summed E-state index contributed by atoms with van der Waals surface area (Å²) in [6.07, 6.45) is 8.19. The van der Waals surface area contributed by atoms with Crippen LogP contribution in [0.5, 0.6) is 0 Å². The van der Waals surface area contributed by atoms with Gasteiger partial charge in [0.15, 0.2) is 0 Å². The SMILES string of the molecule is Cc1ccc(-c2cc3c4c(c2)CCCC4CCC3)cc1. The smallest absolute Gasteiger partial charge is 0.0156 e. The molecule has 2 aromatic rings. The first-order valence-corrected chi connectivity index (χ1v) is 8.04. The van der Waals surface area contributed by atoms with Crippen LogP contribution in [-0.4, -0.2) is 0 Å². The molecule has 102 valence electrons. The van der Waals surface area contributed by atoms with Crippen LogP contribution < -0.4 is 0 Å². The van der Waals surface area contributed by atoms with Crippen molar-refractivity contribution in [3.8, 4) is 11.1 Å². The molecule has 0 saturated carbocycles. The molecule has 0 atom stereocenters. The van der Waals surface area contributed by atoms with Crippen LogP contribution in [-0.2, 0) is 12.8 Å². The maximum Gasteiger partial charge on any atom is -0.0156 e. The van der Waals surface area contributed by atoms with Crippen LogP contribution in [0.1, 0.15) is 53.9 Å². The number of hydrogen-bond donors (Lipinski definition) is 0. The standard InChI is InChI=1S/C20H22/c1-14-8-10-15(11-9-14)19-12-17-6-2-4-16-5-3-7-18(13-19)20(16)17/h8-13,16H,2-7H2,1H3. The average Bonchev–Trinajstić information content (AvgIpc) is 2.48. The Hall–Kier alpha value is -1.56. The largest absolute Gasteiger partial charge is 0.0587 e. The Morgan fingerprint density at radius 3 is 2.00 bits per heavy atom. The molecule has 4 rings (SSSR count). The molecule has 0 amide bonds. The molecule has 0 radical (unpaired) electrons. The van der Waals surface area contributed by atoms with E-state index in [1.54, 1.807) is 16.7 Å². The minimum absolute atomic E-state index is 0.870. The fourth-order valence-corrected chi connectivity index (χ4v) is 4.14. The molecule has 20 heavy (non-hydrogen) atoms. The Morgan fingerprint density at radius 2 is 1.40 bits per heavy atom. The lowest BCUT2D eigenvalue weighted by Crippen LogP contribution is -2.17. The van der Waals surface area contributed by atoms with Crippen molar-refractivity contribution in [3.63, 3.8) is 0 Å². The van der Waals surface area contributed by atoms with Crippen molar-refractivity contribution in [2.45, 2.75) is 51.4 Å². The molecule has 0 aliphatic heterocycles. The second-order valence-electron chi connectivity index (χ2n) is 6.56. The second kappa shape index (κ2) is 4.77. The molecule has 0 nitrogen and oxygen atoms in total. The van der Waals surface area contributed by atoms with Gasteiger partial charge in [-0.05, 0) is 79.2 Å². The molecule has 0 bridgehead atoms. The molecule has 0 unspecified atom stereocenters. The number of rotatable bonds is 1. The van der Waals surface area contributed by atoms with Crippen LogP contribution in [0.4, 0.5) is 0 Å². The highest BCUT2D eigenvalue weighted by Crippen LogP contribution is 2.42. The third kappa shape index (κ3) is 1.98. The van der Waals surface area contributed by atoms with Crippen molar-refractivity contribution in [1.29, 1.82) is 0 Å². The Balaban J connectivity index is 1.84. The number of hydrogen-bond acceptors (Lipinski definition) is 0. The van der Waals surface area contributed by atoms with Crippen molar-refractivity contribution >= 4 is 0 Å². The first kappa shape index (κ1) is 12.2. The lowest BCUT2D eigenvalue weighted by atomic mass is 9.72. The van der Waals surface area contributed by atoms with Gasteiger partial charge in [-0.3, -0.25) is 0 Å². The fraction of sp³-hybridized carbons (Fsp3) is 0.400. The van der Waals surface area contributed by atoms with Gasteiger partial charge < -0.3 is 0 Å². The summed E-state index contributed by atoms with van der Waals surface area (Å²) in [4.78, 5) is 0. The summed E-state index contributed by atoms with van der Waals surface area (Å²) < 4.78 is 0. The van der Waals surface area contributed by atoms with E-state index in [1.807, 2.05) is 0 Å². The van der Waals surface area contributed by atoms with Gasteiger partial charge in [-0.2, -0.15) is 0 Å². The molecular weight excluding hydrogens is 240 g/mol. The lowest BCUT2D eigenvalue weighted by molar-refractivity contribution is 0.477. The number of aryl methyl sites for hydroxylation is 3. The van der Waals surface area contributed by atoms with Gasteiger partial charge in [0.1, 0.15) is 0 Å². The summed E-state index contributed by atoms with van der Waals surface area (Å²) in [6.45, 7) is 2.16. The highest BCUT2D eigenvalue weighted by atomic mass is 14.3. The molecule has 0 fully saturated rings. The summed E-state index contributed by atoms with van der Waals surface area (Å²) in [5, 5.41) is 0. The zero-order valence-electron chi connectivity index (χ0n) is 12.3. The van der Waals surface area contributed by atoms with E-state index >= 15 is 0 Å². The minimum Gasteiger partial charge on any atom is -0.0587 e. The van der Waals surface area contributed by atoms with Crippen LogP contribution in [0.15, 0.2) is 36.4 Å². The summed E-state index contributed by atoms with van der Waals surface area (Å²) in [7, 11) is 0. The van der Waals surface area contributed by atoms with E-state index in [9.17, 15) is 0 Å². The van der Waals surface area contributed by atoms with Gasteiger partial charge in [-0.15, -0.1) is 0 Å². The van der Waals surface area contributed by atoms with E-state index in [0.29, 0.717) is 0 Å². The predicted octanol–water partition coefficient (Wildman–Crippen LogP) is 5.42. The van der Waals surface area contributed by atoms with Gasteiger partial charge in [-0.1, -0.05) is 42.0 Å². The molecule has 0 N–H and O–H groups in total. The van der Waals surface area contributed by atoms with Crippen molar-refractivity contribution in [3.05, 3.63) is 58.7 Å². The van der Waals surface area contributed by atoms with Crippen LogP contribution in [0.25, 0.3) is 11.1 Å². The summed E-state index contributed by atoms with van der Waals surface area (Å²) >= 11 is 0. The molecule has 2 aromatic carbocycles. The molecule has 0 heterocycles. The van der Waals surface area contributed by atoms with E-state index in [2.05, 4.69) is 43.3 Å². The Kier molecular flexibility index (Phi) is 2.91. The highest BCUT2D eigenvalue weighted by molar-refractivity contribution is 5.67. The second-order valence-corrected chi connectivity index (χ2v) is 6.56. The molecular formula is C20H22. The monoisotopic (exact) mass is 262 g/mol.